The van der Waals surface area contributed by atoms with Gasteiger partial charge in [0.05, 0.1) is 26.8 Å². The molecule has 0 aliphatic carbocycles. The van der Waals surface area contributed by atoms with Gasteiger partial charge < -0.3 is 4.57 Å². The summed E-state index contributed by atoms with van der Waals surface area (Å²) in [5.74, 6) is -5.72. The molecule has 0 aliphatic rings. The van der Waals surface area contributed by atoms with E-state index in [4.69, 9.17) is 0 Å². The van der Waals surface area contributed by atoms with Crippen molar-refractivity contribution >= 4 is 37.3 Å². The van der Waals surface area contributed by atoms with Gasteiger partial charge in [-0.15, -0.1) is 11.3 Å². The molecule has 0 N–H and O–H groups in total. The fourth-order valence-corrected chi connectivity index (χ4v) is 6.28. The number of aromatic nitrogens is 2. The number of sulfone groups is 1. The average molecular weight is 559 g/mol. The first kappa shape index (κ1) is 27.8. The molecule has 2 heterocycles. The second-order valence-electron chi connectivity index (χ2n) is 7.71. The Morgan fingerprint density at radius 2 is 1.75 bits per heavy atom. The Morgan fingerprint density at radius 1 is 1.14 bits per heavy atom. The third-order valence-corrected chi connectivity index (χ3v) is 8.60. The highest BCUT2D eigenvalue weighted by molar-refractivity contribution is 7.92. The molecular weight excluding hydrogens is 540 g/mol. The molecule has 36 heavy (non-hydrogen) atoms. The van der Waals surface area contributed by atoms with E-state index in [2.05, 4.69) is 11.6 Å². The molecule has 0 unspecified atom stereocenters. The highest BCUT2D eigenvalue weighted by Gasteiger charge is 2.58. The summed E-state index contributed by atoms with van der Waals surface area (Å²) >= 11 is 0.600. The Morgan fingerprint density at radius 3 is 2.25 bits per heavy atom. The molecule has 0 saturated heterocycles. The second-order valence-corrected chi connectivity index (χ2v) is 11.0. The molecule has 0 aliphatic heterocycles. The molecule has 0 radical (unpaired) electrons. The van der Waals surface area contributed by atoms with Crippen LogP contribution < -0.4 is 0 Å². The number of alkyl halides is 8. The third-order valence-electron chi connectivity index (χ3n) is 5.51. The van der Waals surface area contributed by atoms with Crippen LogP contribution in [0.2, 0.25) is 0 Å². The molecule has 0 saturated carbocycles. The molecule has 0 bridgehead atoms. The van der Waals surface area contributed by atoms with E-state index in [0.717, 1.165) is 12.1 Å². The first-order chi connectivity index (χ1) is 16.4. The van der Waals surface area contributed by atoms with Gasteiger partial charge in [0.1, 0.15) is 0 Å². The summed E-state index contributed by atoms with van der Waals surface area (Å²) in [7, 11) is -2.66. The van der Waals surface area contributed by atoms with Gasteiger partial charge in [-0.1, -0.05) is 31.7 Å². The Bertz CT molecular complexity index is 1480. The summed E-state index contributed by atoms with van der Waals surface area (Å²) in [6.07, 6.45) is -9.31. The van der Waals surface area contributed by atoms with Gasteiger partial charge in [-0.2, -0.15) is 35.1 Å². The van der Waals surface area contributed by atoms with Crippen molar-refractivity contribution in [3.05, 3.63) is 53.4 Å². The van der Waals surface area contributed by atoms with Crippen LogP contribution in [0.3, 0.4) is 0 Å². The lowest BCUT2D eigenvalue weighted by Gasteiger charge is -2.19. The molecule has 14 heteroatoms. The molecule has 0 amide bonds. The Balaban J connectivity index is 2.35. The van der Waals surface area contributed by atoms with Crippen molar-refractivity contribution in [1.82, 2.24) is 9.55 Å². The van der Waals surface area contributed by atoms with Crippen LogP contribution in [0.4, 0.5) is 35.1 Å². The number of hydrogen-bond donors (Lipinski definition) is 0. The van der Waals surface area contributed by atoms with Crippen molar-refractivity contribution in [3.63, 3.8) is 0 Å². The van der Waals surface area contributed by atoms with E-state index in [9.17, 15) is 43.5 Å². The highest BCUT2D eigenvalue weighted by atomic mass is 32.2. The molecule has 3 aromatic rings. The number of benzene rings is 1. The first-order valence-corrected chi connectivity index (χ1v) is 12.5. The van der Waals surface area contributed by atoms with E-state index in [1.54, 1.807) is 0 Å². The number of nitrogens with zero attached hydrogens (tertiary/aromatic N) is 2. The molecular formula is C22H18F8N2O2S2. The lowest BCUT2D eigenvalue weighted by Crippen LogP contribution is -2.33. The van der Waals surface area contributed by atoms with Crippen molar-refractivity contribution in [1.29, 1.82) is 0 Å². The van der Waals surface area contributed by atoms with E-state index in [0.29, 0.717) is 29.5 Å². The van der Waals surface area contributed by atoms with E-state index in [-0.39, 0.29) is 37.1 Å². The highest BCUT2D eigenvalue weighted by Crippen LogP contribution is 2.47. The Labute approximate surface area is 204 Å². The van der Waals surface area contributed by atoms with E-state index < -0.39 is 45.0 Å². The van der Waals surface area contributed by atoms with E-state index in [1.165, 1.54) is 25.5 Å². The van der Waals surface area contributed by atoms with Gasteiger partial charge in [0, 0.05) is 28.4 Å². The summed E-state index contributed by atoms with van der Waals surface area (Å²) in [5, 5.41) is -0.0987. The number of imidazole rings is 1. The van der Waals surface area contributed by atoms with Crippen LogP contribution in [0.15, 0.2) is 41.3 Å². The molecule has 0 atom stereocenters. The van der Waals surface area contributed by atoms with Crippen molar-refractivity contribution in [2.24, 2.45) is 7.05 Å². The number of allylic oxidation sites excluding steroid dienone is 2. The zero-order valence-electron chi connectivity index (χ0n) is 18.9. The minimum Gasteiger partial charge on any atom is -0.330 e. The summed E-state index contributed by atoms with van der Waals surface area (Å²) in [6.45, 7) is 5.88. The van der Waals surface area contributed by atoms with E-state index in [1.807, 2.05) is 0 Å². The zero-order valence-corrected chi connectivity index (χ0v) is 20.5. The van der Waals surface area contributed by atoms with Crippen molar-refractivity contribution in [3.8, 4) is 10.7 Å². The van der Waals surface area contributed by atoms with Gasteiger partial charge in [-0.3, -0.25) is 0 Å². The molecule has 0 spiro atoms. The molecule has 0 fully saturated rings. The number of fused-ring (bicyclic) bond motifs is 1. The normalized spacial score (nSPS) is 14.0. The van der Waals surface area contributed by atoms with Crippen LogP contribution in [-0.2, 0) is 22.8 Å². The molecule has 3 rings (SSSR count). The van der Waals surface area contributed by atoms with Crippen LogP contribution in [-0.4, -0.2) is 36.1 Å². The van der Waals surface area contributed by atoms with Crippen LogP contribution in [0.5, 0.6) is 0 Å². The van der Waals surface area contributed by atoms with Crippen LogP contribution in [0.1, 0.15) is 23.9 Å². The third kappa shape index (κ3) is 4.67. The van der Waals surface area contributed by atoms with E-state index >= 15 is 0 Å². The summed E-state index contributed by atoms with van der Waals surface area (Å²) in [6, 6.07) is 1.92. The fourth-order valence-electron chi connectivity index (χ4n) is 3.38. The molecule has 4 nitrogen and oxygen atoms in total. The van der Waals surface area contributed by atoms with Gasteiger partial charge in [0.15, 0.2) is 15.7 Å². The number of hydrogen-bond acceptors (Lipinski definition) is 4. The minimum atomic E-state index is -5.88. The van der Waals surface area contributed by atoms with Crippen molar-refractivity contribution in [2.75, 3.05) is 5.75 Å². The van der Waals surface area contributed by atoms with Gasteiger partial charge >= 0.3 is 18.3 Å². The summed E-state index contributed by atoms with van der Waals surface area (Å²) in [4.78, 5) is 3.70. The fraction of sp³-hybridized carbons (Fsp3) is 0.318. The van der Waals surface area contributed by atoms with Crippen LogP contribution >= 0.6 is 11.3 Å². The van der Waals surface area contributed by atoms with Gasteiger partial charge in [-0.05, 0) is 19.1 Å². The second kappa shape index (κ2) is 8.98. The molecule has 196 valence electrons. The number of rotatable bonds is 6. The lowest BCUT2D eigenvalue weighted by molar-refractivity contribution is -0.289. The first-order valence-electron chi connectivity index (χ1n) is 10.1. The predicted octanol–water partition coefficient (Wildman–Crippen LogP) is 7.19. The maximum Gasteiger partial charge on any atom is 0.458 e. The topological polar surface area (TPSA) is 52.0 Å². The van der Waals surface area contributed by atoms with Crippen LogP contribution in [0.25, 0.3) is 26.9 Å². The molecule has 1 aromatic carbocycles. The zero-order chi connectivity index (χ0) is 27.4. The maximum atomic E-state index is 13.9. The maximum absolute atomic E-state index is 13.9. The van der Waals surface area contributed by atoms with Crippen molar-refractivity contribution < 1.29 is 43.5 Å². The minimum absolute atomic E-state index is 0.0957. The Hall–Kier alpha value is -2.74. The largest absolute Gasteiger partial charge is 0.458 e. The quantitative estimate of drug-likeness (QED) is 0.238. The average Bonchev–Trinajstić information content (AvgIpc) is 3.28. The number of halogens is 8. The summed E-state index contributed by atoms with van der Waals surface area (Å²) in [5.41, 5.74) is -2.42. The Kier molecular flexibility index (Phi) is 6.94. The van der Waals surface area contributed by atoms with Gasteiger partial charge in [-0.25, -0.2) is 13.4 Å². The SMILES string of the molecule is C=C/C(=C\c1nc(-c2sc3cc(C(F)(F)C(F)(F)F)ccc3c2S(=O)(=O)CC)n(C)c1C)C(F)(F)F. The number of thiophene rings is 1. The lowest BCUT2D eigenvalue weighted by atomic mass is 10.1. The van der Waals surface area contributed by atoms with Gasteiger partial charge in [0.2, 0.25) is 0 Å². The smallest absolute Gasteiger partial charge is 0.330 e. The summed E-state index contributed by atoms with van der Waals surface area (Å²) < 4.78 is 133. The van der Waals surface area contributed by atoms with Crippen molar-refractivity contribution in [2.45, 2.75) is 37.0 Å². The monoisotopic (exact) mass is 558 g/mol. The van der Waals surface area contributed by atoms with Crippen LogP contribution in [0, 0.1) is 6.92 Å². The van der Waals surface area contributed by atoms with Gasteiger partial charge in [0.25, 0.3) is 0 Å². The predicted molar refractivity (Wildman–Crippen MR) is 121 cm³/mol. The molecule has 2 aromatic heterocycles. The standard InChI is InChI=1S/C22H18F8N2O2S2/c1-5-12(21(25,26)27)9-15-11(3)32(4)19(31-15)17-18(36(33,34)6-2)14-8-7-13(10-16(14)35-17)20(23,24)22(28,29)30/h5,7-10H,1,6H2,2-4H3/b12-9+.